The first kappa shape index (κ1) is 17.5. The van der Waals surface area contributed by atoms with Crippen LogP contribution < -0.4 is 10.6 Å². The van der Waals surface area contributed by atoms with Crippen molar-refractivity contribution in [3.8, 4) is 0 Å². The zero-order valence-electron chi connectivity index (χ0n) is 14.2. The Hall–Kier alpha value is -1.88. The maximum absolute atomic E-state index is 12.1. The molecule has 1 fully saturated rings. The zero-order valence-corrected chi connectivity index (χ0v) is 14.2. The number of nitrogens with one attached hydrogen (secondary N) is 1. The molecule has 0 saturated carbocycles. The summed E-state index contributed by atoms with van der Waals surface area (Å²) >= 11 is 0. The molecule has 0 atom stereocenters. The highest BCUT2D eigenvalue weighted by atomic mass is 16.6. The van der Waals surface area contributed by atoms with Crippen molar-refractivity contribution in [1.29, 1.82) is 0 Å². The summed E-state index contributed by atoms with van der Waals surface area (Å²) in [5.41, 5.74) is 1.08. The normalized spacial score (nSPS) is 16.0. The Morgan fingerprint density at radius 2 is 2.00 bits per heavy atom. The molecule has 1 saturated heterocycles. The van der Waals surface area contributed by atoms with Gasteiger partial charge in [-0.3, -0.25) is 9.59 Å². The van der Waals surface area contributed by atoms with Crippen molar-refractivity contribution in [2.75, 3.05) is 19.6 Å². The van der Waals surface area contributed by atoms with Crippen LogP contribution in [-0.4, -0.2) is 37.1 Å². The molecule has 1 aliphatic heterocycles. The molecule has 0 aromatic heterocycles. The second-order valence-electron chi connectivity index (χ2n) is 6.77. The van der Waals surface area contributed by atoms with Gasteiger partial charge in [-0.15, -0.1) is 0 Å². The van der Waals surface area contributed by atoms with Gasteiger partial charge >= 0.3 is 5.97 Å². The fraction of sp³-hybridized carbons (Fsp3) is 0.556. The standard InChI is InChI=1S/C18H26N2O3/c1-13-5-4-6-14(11-13)17(22)20-12-16(21)23-18(2,3)15-7-9-19-10-8-15/h4-6,11,15,19H,7-10,12H2,1-3H3,(H,20,22)/p+1. The van der Waals surface area contributed by atoms with E-state index in [1.54, 1.807) is 12.1 Å². The molecule has 23 heavy (non-hydrogen) atoms. The number of benzene rings is 1. The van der Waals surface area contributed by atoms with E-state index in [1.807, 2.05) is 32.9 Å². The first-order valence-corrected chi connectivity index (χ1v) is 8.27. The highest BCUT2D eigenvalue weighted by Gasteiger charge is 2.35. The van der Waals surface area contributed by atoms with Crippen LogP contribution in [0.5, 0.6) is 0 Å². The summed E-state index contributed by atoms with van der Waals surface area (Å²) < 4.78 is 5.62. The van der Waals surface area contributed by atoms with Crippen LogP contribution in [-0.2, 0) is 9.53 Å². The fourth-order valence-corrected chi connectivity index (χ4v) is 3.08. The Bertz CT molecular complexity index is 563. The van der Waals surface area contributed by atoms with Crippen LogP contribution in [0, 0.1) is 12.8 Å². The highest BCUT2D eigenvalue weighted by molar-refractivity contribution is 5.96. The van der Waals surface area contributed by atoms with Crippen molar-refractivity contribution in [3.05, 3.63) is 35.4 Å². The lowest BCUT2D eigenvalue weighted by Crippen LogP contribution is -2.86. The molecule has 3 N–H and O–H groups in total. The van der Waals surface area contributed by atoms with Gasteiger partial charge in [-0.05, 0) is 32.9 Å². The van der Waals surface area contributed by atoms with Crippen LogP contribution in [0.4, 0.5) is 0 Å². The van der Waals surface area contributed by atoms with Crippen LogP contribution in [0.3, 0.4) is 0 Å². The largest absolute Gasteiger partial charge is 0.458 e. The molecule has 5 nitrogen and oxygen atoms in total. The summed E-state index contributed by atoms with van der Waals surface area (Å²) in [6.45, 7) is 7.90. The van der Waals surface area contributed by atoms with Gasteiger partial charge in [0.1, 0.15) is 12.1 Å². The zero-order chi connectivity index (χ0) is 16.9. The Morgan fingerprint density at radius 1 is 1.30 bits per heavy atom. The molecule has 1 aromatic rings. The van der Waals surface area contributed by atoms with Crippen molar-refractivity contribution in [3.63, 3.8) is 0 Å². The Balaban J connectivity index is 1.83. The molecule has 0 spiro atoms. The SMILES string of the molecule is Cc1cccc(C(=O)NCC(=O)OC(C)(C)C2CC[NH2+]CC2)c1. The van der Waals surface area contributed by atoms with Crippen molar-refractivity contribution < 1.29 is 19.6 Å². The van der Waals surface area contributed by atoms with Gasteiger partial charge in [0.2, 0.25) is 0 Å². The average molecular weight is 319 g/mol. The summed E-state index contributed by atoms with van der Waals surface area (Å²) in [5, 5.41) is 4.92. The number of hydrogen-bond acceptors (Lipinski definition) is 3. The number of nitrogens with two attached hydrogens (primary N) is 1. The van der Waals surface area contributed by atoms with Gasteiger partial charge < -0.3 is 15.4 Å². The molecule has 126 valence electrons. The molecule has 1 amide bonds. The van der Waals surface area contributed by atoms with E-state index >= 15 is 0 Å². The number of ether oxygens (including phenoxy) is 1. The highest BCUT2D eigenvalue weighted by Crippen LogP contribution is 2.27. The molecule has 0 bridgehead atoms. The molecular formula is C18H27N2O3+. The number of aryl methyl sites for hydroxylation is 1. The molecule has 2 rings (SSSR count). The van der Waals surface area contributed by atoms with E-state index in [9.17, 15) is 9.59 Å². The van der Waals surface area contributed by atoms with Crippen LogP contribution in [0.25, 0.3) is 0 Å². The lowest BCUT2D eigenvalue weighted by Gasteiger charge is -2.35. The van der Waals surface area contributed by atoms with Gasteiger partial charge in [0.15, 0.2) is 0 Å². The molecule has 5 heteroatoms. The topological polar surface area (TPSA) is 72.0 Å². The van der Waals surface area contributed by atoms with E-state index < -0.39 is 5.60 Å². The second kappa shape index (κ2) is 7.59. The van der Waals surface area contributed by atoms with Gasteiger partial charge in [-0.1, -0.05) is 17.7 Å². The van der Waals surface area contributed by atoms with E-state index in [4.69, 9.17) is 4.74 Å². The van der Waals surface area contributed by atoms with Crippen LogP contribution in [0.15, 0.2) is 24.3 Å². The number of piperidine rings is 1. The van der Waals surface area contributed by atoms with E-state index in [0.29, 0.717) is 11.5 Å². The third-order valence-electron chi connectivity index (χ3n) is 4.47. The van der Waals surface area contributed by atoms with E-state index in [0.717, 1.165) is 31.5 Å². The lowest BCUT2D eigenvalue weighted by molar-refractivity contribution is -0.665. The van der Waals surface area contributed by atoms with Gasteiger partial charge in [0, 0.05) is 24.3 Å². The fourth-order valence-electron chi connectivity index (χ4n) is 3.08. The number of hydrogen-bond donors (Lipinski definition) is 2. The summed E-state index contributed by atoms with van der Waals surface area (Å²) in [5.74, 6) is -0.259. The van der Waals surface area contributed by atoms with Crippen LogP contribution in [0.2, 0.25) is 0 Å². The van der Waals surface area contributed by atoms with E-state index in [-0.39, 0.29) is 18.4 Å². The van der Waals surface area contributed by atoms with E-state index in [2.05, 4.69) is 10.6 Å². The molecule has 0 unspecified atom stereocenters. The molecule has 1 aliphatic rings. The predicted octanol–water partition coefficient (Wildman–Crippen LogP) is 1.02. The number of quaternary nitrogens is 1. The number of esters is 1. The van der Waals surface area contributed by atoms with Crippen molar-refractivity contribution in [1.82, 2.24) is 5.32 Å². The number of amides is 1. The van der Waals surface area contributed by atoms with Gasteiger partial charge in [0.05, 0.1) is 13.1 Å². The minimum Gasteiger partial charge on any atom is -0.458 e. The maximum Gasteiger partial charge on any atom is 0.325 e. The lowest BCUT2D eigenvalue weighted by atomic mass is 9.83. The van der Waals surface area contributed by atoms with Crippen molar-refractivity contribution in [2.24, 2.45) is 5.92 Å². The molecule has 0 radical (unpaired) electrons. The predicted molar refractivity (Wildman–Crippen MR) is 88.1 cm³/mol. The Morgan fingerprint density at radius 3 is 2.65 bits per heavy atom. The minimum atomic E-state index is -0.487. The quantitative estimate of drug-likeness (QED) is 0.796. The minimum absolute atomic E-state index is 0.102. The summed E-state index contributed by atoms with van der Waals surface area (Å²) in [7, 11) is 0. The van der Waals surface area contributed by atoms with Crippen LogP contribution in [0.1, 0.15) is 42.6 Å². The van der Waals surface area contributed by atoms with Crippen molar-refractivity contribution >= 4 is 11.9 Å². The first-order chi connectivity index (χ1) is 10.9. The molecular weight excluding hydrogens is 292 g/mol. The third-order valence-corrected chi connectivity index (χ3v) is 4.47. The second-order valence-corrected chi connectivity index (χ2v) is 6.77. The van der Waals surface area contributed by atoms with Gasteiger partial charge in [0.25, 0.3) is 5.91 Å². The maximum atomic E-state index is 12.1. The number of rotatable bonds is 5. The molecule has 0 aliphatic carbocycles. The first-order valence-electron chi connectivity index (χ1n) is 8.27. The average Bonchev–Trinajstić information content (AvgIpc) is 2.53. The molecule has 1 aromatic carbocycles. The van der Waals surface area contributed by atoms with Crippen molar-refractivity contribution in [2.45, 2.75) is 39.2 Å². The summed E-state index contributed by atoms with van der Waals surface area (Å²) in [4.78, 5) is 24.1. The van der Waals surface area contributed by atoms with Gasteiger partial charge in [-0.2, -0.15) is 0 Å². The smallest absolute Gasteiger partial charge is 0.325 e. The number of carbonyl (C=O) groups is 2. The third kappa shape index (κ3) is 5.06. The van der Waals surface area contributed by atoms with E-state index in [1.165, 1.54) is 0 Å². The Kier molecular flexibility index (Phi) is 5.77. The summed E-state index contributed by atoms with van der Waals surface area (Å²) in [6.07, 6.45) is 2.10. The monoisotopic (exact) mass is 319 g/mol. The Labute approximate surface area is 137 Å². The van der Waals surface area contributed by atoms with Gasteiger partial charge in [-0.25, -0.2) is 0 Å². The molecule has 1 heterocycles. The number of carbonyl (C=O) groups excluding carboxylic acids is 2. The van der Waals surface area contributed by atoms with Crippen LogP contribution >= 0.6 is 0 Å². The summed E-state index contributed by atoms with van der Waals surface area (Å²) in [6, 6.07) is 7.28.